The molecule has 0 atom stereocenters. The second-order valence-corrected chi connectivity index (χ2v) is 11.6. The lowest BCUT2D eigenvalue weighted by molar-refractivity contribution is -0.142. The summed E-state index contributed by atoms with van der Waals surface area (Å²) in [4.78, 5) is 19.9. The van der Waals surface area contributed by atoms with Gasteiger partial charge in [-0.2, -0.15) is 26.3 Å². The number of nitrogens with one attached hydrogen (secondary N) is 1. The van der Waals surface area contributed by atoms with Gasteiger partial charge in [-0.05, 0) is 69.4 Å². The molecule has 11 nitrogen and oxygen atoms in total. The summed E-state index contributed by atoms with van der Waals surface area (Å²) in [6, 6.07) is 5.12. The van der Waals surface area contributed by atoms with E-state index in [1.807, 2.05) is 30.9 Å². The summed E-state index contributed by atoms with van der Waals surface area (Å²) in [5, 5.41) is 1.71. The Balaban J connectivity index is 1.29. The molecule has 2 aromatic heterocycles. The van der Waals surface area contributed by atoms with Crippen molar-refractivity contribution in [2.75, 3.05) is 55.5 Å². The zero-order valence-electron chi connectivity index (χ0n) is 26.7. The fraction of sp³-hybridized carbons (Fsp3) is 0.548. The molecule has 0 unspecified atom stereocenters. The van der Waals surface area contributed by atoms with Crippen molar-refractivity contribution in [3.63, 3.8) is 0 Å². The highest BCUT2D eigenvalue weighted by atomic mass is 19.4. The van der Waals surface area contributed by atoms with Crippen molar-refractivity contribution in [2.24, 2.45) is 0 Å². The van der Waals surface area contributed by atoms with E-state index in [0.29, 0.717) is 88.8 Å². The van der Waals surface area contributed by atoms with Crippen LogP contribution in [0.2, 0.25) is 0 Å². The van der Waals surface area contributed by atoms with Gasteiger partial charge in [0.1, 0.15) is 28.6 Å². The number of likely N-dealkylation sites (tertiary alicyclic amines) is 1. The summed E-state index contributed by atoms with van der Waals surface area (Å²) in [6.07, 6.45) is -4.78. The van der Waals surface area contributed by atoms with Gasteiger partial charge in [-0.3, -0.25) is 10.3 Å². The van der Waals surface area contributed by atoms with E-state index < -0.39 is 23.7 Å². The van der Waals surface area contributed by atoms with Crippen LogP contribution in [-0.2, 0) is 18.9 Å². The van der Waals surface area contributed by atoms with E-state index in [4.69, 9.17) is 15.2 Å². The molecule has 1 aromatic carbocycles. The predicted molar refractivity (Wildman–Crippen MR) is 166 cm³/mol. The standard InChI is InChI=1S/C31H39F6N9O2/c1-3-47-23-17-20(18-24(27(23)38)48-4-2)19-44-13-7-21(8-14-44)46(29-40-12-6-26(42-29)31(35,36)37)22-9-15-45(16-10-22)43-28-39-11-5-25(41-28)30(32,33)34/h5-6,11-12,17-18,21-22H,3-4,7-10,13-16,19,38H2,1-2H3,(H,39,41,43). The maximum atomic E-state index is 13.7. The van der Waals surface area contributed by atoms with Crippen LogP contribution in [-0.4, -0.2) is 81.3 Å². The Hall–Kier alpha value is -4.12. The van der Waals surface area contributed by atoms with Crippen LogP contribution in [0.4, 0.5) is 43.9 Å². The van der Waals surface area contributed by atoms with Crippen LogP contribution >= 0.6 is 0 Å². The van der Waals surface area contributed by atoms with Crippen LogP contribution in [0, 0.1) is 0 Å². The SMILES string of the molecule is CCOc1cc(CN2CCC(N(c3nccc(C(F)(F)F)n3)C3CCN(Nc4nccc(C(F)(F)F)n4)CC3)CC2)cc(OCC)c1N. The number of anilines is 3. The highest BCUT2D eigenvalue weighted by Crippen LogP contribution is 2.36. The van der Waals surface area contributed by atoms with Gasteiger partial charge in [0.25, 0.3) is 0 Å². The number of hydrazine groups is 1. The first-order valence-electron chi connectivity index (χ1n) is 15.9. The number of nitrogens with two attached hydrogens (primary N) is 1. The van der Waals surface area contributed by atoms with Crippen molar-refractivity contribution in [1.82, 2.24) is 29.8 Å². The number of hydrogen-bond donors (Lipinski definition) is 2. The first-order chi connectivity index (χ1) is 22.9. The lowest BCUT2D eigenvalue weighted by Gasteiger charge is -2.45. The summed E-state index contributed by atoms with van der Waals surface area (Å²) >= 11 is 0. The summed E-state index contributed by atoms with van der Waals surface area (Å²) in [5.74, 6) is 0.942. The molecule has 0 spiro atoms. The molecule has 17 heteroatoms. The molecule has 2 aliphatic rings. The van der Waals surface area contributed by atoms with E-state index in [1.54, 1.807) is 5.01 Å². The number of ether oxygens (including phenoxy) is 2. The molecule has 2 aliphatic heterocycles. The average Bonchev–Trinajstić information content (AvgIpc) is 3.05. The zero-order chi connectivity index (χ0) is 34.5. The second kappa shape index (κ2) is 15.0. The van der Waals surface area contributed by atoms with E-state index in [-0.39, 0.29) is 24.0 Å². The molecule has 0 aliphatic carbocycles. The molecular formula is C31H39F6N9O2. The van der Waals surface area contributed by atoms with E-state index in [1.165, 1.54) is 0 Å². The molecule has 0 saturated carbocycles. The number of aromatic nitrogens is 4. The molecule has 0 bridgehead atoms. The molecule has 2 saturated heterocycles. The molecule has 2 fully saturated rings. The highest BCUT2D eigenvalue weighted by molar-refractivity contribution is 5.64. The minimum absolute atomic E-state index is 0.0112. The number of nitrogens with zero attached hydrogens (tertiary/aromatic N) is 7. The topological polar surface area (TPSA) is 118 Å². The normalized spacial score (nSPS) is 17.3. The maximum absolute atomic E-state index is 13.7. The van der Waals surface area contributed by atoms with Gasteiger partial charge in [0.2, 0.25) is 11.9 Å². The maximum Gasteiger partial charge on any atom is 0.433 e. The van der Waals surface area contributed by atoms with Gasteiger partial charge in [-0.1, -0.05) is 0 Å². The van der Waals surface area contributed by atoms with Gasteiger partial charge < -0.3 is 20.1 Å². The van der Waals surface area contributed by atoms with Gasteiger partial charge in [0.05, 0.1) is 13.2 Å². The number of nitrogen functional groups attached to an aromatic ring is 1. The molecule has 5 rings (SSSR count). The van der Waals surface area contributed by atoms with E-state index >= 15 is 0 Å². The minimum atomic E-state index is -4.63. The van der Waals surface area contributed by atoms with Crippen LogP contribution in [0.5, 0.6) is 11.5 Å². The molecule has 262 valence electrons. The Labute approximate surface area is 274 Å². The van der Waals surface area contributed by atoms with E-state index in [9.17, 15) is 26.3 Å². The molecule has 0 radical (unpaired) electrons. The number of piperidine rings is 2. The third-order valence-electron chi connectivity index (χ3n) is 8.35. The van der Waals surface area contributed by atoms with Gasteiger partial charge in [-0.25, -0.2) is 24.9 Å². The first-order valence-corrected chi connectivity index (χ1v) is 15.9. The number of rotatable bonds is 11. The number of halogens is 6. The van der Waals surface area contributed by atoms with Crippen LogP contribution in [0.15, 0.2) is 36.7 Å². The Kier molecular flexibility index (Phi) is 11.0. The Morgan fingerprint density at radius 1 is 0.812 bits per heavy atom. The lowest BCUT2D eigenvalue weighted by atomic mass is 9.96. The fourth-order valence-corrected chi connectivity index (χ4v) is 6.13. The Morgan fingerprint density at radius 3 is 1.88 bits per heavy atom. The molecule has 4 heterocycles. The number of alkyl halides is 6. The highest BCUT2D eigenvalue weighted by Gasteiger charge is 2.38. The predicted octanol–water partition coefficient (Wildman–Crippen LogP) is 5.65. The molecule has 3 N–H and O–H groups in total. The molecular weight excluding hydrogens is 644 g/mol. The van der Waals surface area contributed by atoms with Gasteiger partial charge in [0, 0.05) is 57.2 Å². The Bertz CT molecular complexity index is 1480. The monoisotopic (exact) mass is 683 g/mol. The van der Waals surface area contributed by atoms with Crippen LogP contribution in [0.1, 0.15) is 56.5 Å². The minimum Gasteiger partial charge on any atom is -0.492 e. The summed E-state index contributed by atoms with van der Waals surface area (Å²) in [7, 11) is 0. The van der Waals surface area contributed by atoms with Crippen molar-refractivity contribution in [3.8, 4) is 11.5 Å². The quantitative estimate of drug-likeness (QED) is 0.193. The zero-order valence-corrected chi connectivity index (χ0v) is 26.7. The summed E-state index contributed by atoms with van der Waals surface area (Å²) < 4.78 is 91.9. The molecule has 48 heavy (non-hydrogen) atoms. The third kappa shape index (κ3) is 8.66. The molecule has 0 amide bonds. The van der Waals surface area contributed by atoms with Crippen LogP contribution in [0.3, 0.4) is 0 Å². The van der Waals surface area contributed by atoms with Gasteiger partial charge in [-0.15, -0.1) is 0 Å². The van der Waals surface area contributed by atoms with Gasteiger partial charge in [0.15, 0.2) is 0 Å². The van der Waals surface area contributed by atoms with E-state index in [0.717, 1.165) is 30.1 Å². The van der Waals surface area contributed by atoms with Crippen molar-refractivity contribution < 1.29 is 35.8 Å². The molecule has 3 aromatic rings. The van der Waals surface area contributed by atoms with Crippen LogP contribution in [0.25, 0.3) is 0 Å². The lowest BCUT2D eigenvalue weighted by Crippen LogP contribution is -2.54. The fourth-order valence-electron chi connectivity index (χ4n) is 6.13. The summed E-state index contributed by atoms with van der Waals surface area (Å²) in [6.45, 7) is 7.38. The Morgan fingerprint density at radius 2 is 1.33 bits per heavy atom. The first kappa shape index (κ1) is 35.2. The van der Waals surface area contributed by atoms with Crippen molar-refractivity contribution >= 4 is 17.6 Å². The van der Waals surface area contributed by atoms with Crippen LogP contribution < -0.4 is 25.5 Å². The largest absolute Gasteiger partial charge is 0.492 e. The van der Waals surface area contributed by atoms with E-state index in [2.05, 4.69) is 30.3 Å². The number of benzene rings is 1. The summed E-state index contributed by atoms with van der Waals surface area (Å²) in [5.41, 5.74) is 8.41. The van der Waals surface area contributed by atoms with Crippen molar-refractivity contribution in [1.29, 1.82) is 0 Å². The third-order valence-corrected chi connectivity index (χ3v) is 8.35. The smallest absolute Gasteiger partial charge is 0.433 e. The number of hydrogen-bond acceptors (Lipinski definition) is 11. The van der Waals surface area contributed by atoms with Crippen molar-refractivity contribution in [3.05, 3.63) is 53.6 Å². The van der Waals surface area contributed by atoms with Gasteiger partial charge >= 0.3 is 12.4 Å². The average molecular weight is 684 g/mol. The second-order valence-electron chi connectivity index (χ2n) is 11.6. The van der Waals surface area contributed by atoms with Crippen molar-refractivity contribution in [2.45, 2.75) is 70.5 Å².